The highest BCUT2D eigenvalue weighted by Gasteiger charge is 2.34. The van der Waals surface area contributed by atoms with Crippen molar-refractivity contribution in [3.05, 3.63) is 83.5 Å². The second-order valence-corrected chi connectivity index (χ2v) is 10.8. The van der Waals surface area contributed by atoms with Gasteiger partial charge in [0, 0.05) is 16.7 Å². The molecule has 0 aliphatic carbocycles. The minimum atomic E-state index is -3.55. The van der Waals surface area contributed by atoms with Crippen LogP contribution in [0.3, 0.4) is 0 Å². The molecule has 3 N–H and O–H groups in total. The van der Waals surface area contributed by atoms with E-state index >= 15 is 4.39 Å². The maximum Gasteiger partial charge on any atom is 0.318 e. The van der Waals surface area contributed by atoms with E-state index in [0.717, 1.165) is 17.5 Å². The molecule has 9 nitrogen and oxygen atoms in total. The maximum atomic E-state index is 15.4. The van der Waals surface area contributed by atoms with Crippen LogP contribution in [0.4, 0.5) is 14.6 Å². The average Bonchev–Trinajstić information content (AvgIpc) is 3.29. The van der Waals surface area contributed by atoms with Crippen LogP contribution in [0.5, 0.6) is 0 Å². The number of aromatic nitrogens is 4. The summed E-state index contributed by atoms with van der Waals surface area (Å²) in [5.74, 6) is -1.75. The fraction of sp³-hybridized carbons (Fsp3) is 0.200. The summed E-state index contributed by atoms with van der Waals surface area (Å²) in [6.45, 7) is 4.07. The lowest BCUT2D eigenvalue weighted by molar-refractivity contribution is -0.776. The highest BCUT2D eigenvalue weighted by atomic mass is 32.2. The van der Waals surface area contributed by atoms with Crippen LogP contribution in [0.2, 0.25) is 0 Å². The van der Waals surface area contributed by atoms with Crippen molar-refractivity contribution in [1.82, 2.24) is 19.7 Å². The van der Waals surface area contributed by atoms with E-state index in [-0.39, 0.29) is 40.8 Å². The summed E-state index contributed by atoms with van der Waals surface area (Å²) in [7, 11) is -3.55. The third kappa shape index (κ3) is 4.49. The first-order chi connectivity index (χ1) is 17.7. The third-order valence-electron chi connectivity index (χ3n) is 6.52. The van der Waals surface area contributed by atoms with Gasteiger partial charge in [-0.2, -0.15) is 13.5 Å². The number of ketones is 1. The van der Waals surface area contributed by atoms with Crippen LogP contribution in [-0.2, 0) is 10.0 Å². The standard InChI is InChI=1S/C25H22F2N6O3S/c1-2-37(35,36)32-10-4-7-18(13-32)33-25-21(24(28)29-14-30-25)22(31-33)19-9-8-16(12-20(19)27)23(34)15-5-3-6-17(26)11-15/h2-3,5-6,8-9,11-12,14,18H,1,4,7,10,13H2,(H2,28,29,30)/p+1. The van der Waals surface area contributed by atoms with Crippen LogP contribution < -0.4 is 10.0 Å². The van der Waals surface area contributed by atoms with Crippen molar-refractivity contribution in [2.75, 3.05) is 18.8 Å². The van der Waals surface area contributed by atoms with Crippen LogP contribution in [0.1, 0.15) is 34.8 Å². The van der Waals surface area contributed by atoms with Gasteiger partial charge >= 0.3 is 10.0 Å². The number of nitrogens with zero attached hydrogens (tertiary/aromatic N) is 4. The Morgan fingerprint density at radius 3 is 2.68 bits per heavy atom. The first kappa shape index (κ1) is 24.7. The number of carbonyl (C=O) groups is 1. The number of nitrogens with two attached hydrogens (primary N) is 1. The van der Waals surface area contributed by atoms with Crippen molar-refractivity contribution in [3.63, 3.8) is 0 Å². The van der Waals surface area contributed by atoms with Gasteiger partial charge in [-0.05, 0) is 37.1 Å². The van der Waals surface area contributed by atoms with Gasteiger partial charge in [0.25, 0.3) is 0 Å². The Bertz CT molecular complexity index is 1650. The summed E-state index contributed by atoms with van der Waals surface area (Å²) in [6.07, 6.45) is 2.53. The minimum Gasteiger partial charge on any atom is -0.383 e. The van der Waals surface area contributed by atoms with E-state index < -0.39 is 27.4 Å². The lowest BCUT2D eigenvalue weighted by atomic mass is 10.00. The molecule has 1 saturated heterocycles. The van der Waals surface area contributed by atoms with Gasteiger partial charge in [0.1, 0.15) is 42.1 Å². The number of halogens is 2. The fourth-order valence-corrected chi connectivity index (χ4v) is 5.76. The first-order valence-electron chi connectivity index (χ1n) is 11.5. The van der Waals surface area contributed by atoms with E-state index in [9.17, 15) is 17.6 Å². The van der Waals surface area contributed by atoms with Crippen LogP contribution in [0.25, 0.3) is 22.3 Å². The Kier molecular flexibility index (Phi) is 6.30. The number of hydrogen-bond acceptors (Lipinski definition) is 7. The number of nitrogens with one attached hydrogen (secondary N) is 1. The van der Waals surface area contributed by atoms with Gasteiger partial charge in [0.2, 0.25) is 0 Å². The van der Waals surface area contributed by atoms with Crippen molar-refractivity contribution < 1.29 is 26.3 Å². The normalized spacial score (nSPS) is 18.1. The van der Waals surface area contributed by atoms with E-state index in [1.54, 1.807) is 4.68 Å². The number of anilines is 1. The number of carbonyl (C=O) groups excluding carboxylic acids is 1. The molecule has 37 heavy (non-hydrogen) atoms. The molecule has 2 atom stereocenters. The molecular formula is C25H23F2N6O3S+. The van der Waals surface area contributed by atoms with Crippen molar-refractivity contribution in [3.8, 4) is 11.3 Å². The molecule has 2 aromatic heterocycles. The van der Waals surface area contributed by atoms with E-state index in [1.165, 1.54) is 36.7 Å². The van der Waals surface area contributed by atoms with E-state index in [0.29, 0.717) is 34.7 Å². The molecule has 4 aromatic rings. The second-order valence-electron chi connectivity index (χ2n) is 8.79. The fourth-order valence-electron chi connectivity index (χ4n) is 4.67. The predicted molar refractivity (Wildman–Crippen MR) is 133 cm³/mol. The van der Waals surface area contributed by atoms with Crippen LogP contribution >= 0.6 is 0 Å². The number of rotatable bonds is 6. The van der Waals surface area contributed by atoms with Crippen molar-refractivity contribution in [1.29, 1.82) is 0 Å². The predicted octanol–water partition coefficient (Wildman–Crippen LogP) is 2.28. The number of nitrogen functional groups attached to an aromatic ring is 1. The molecule has 0 radical (unpaired) electrons. The summed E-state index contributed by atoms with van der Waals surface area (Å²) in [5, 5.41) is 5.88. The Morgan fingerprint density at radius 2 is 1.95 bits per heavy atom. The maximum absolute atomic E-state index is 15.4. The van der Waals surface area contributed by atoms with Crippen LogP contribution in [0, 0.1) is 11.6 Å². The molecule has 12 heteroatoms. The van der Waals surface area contributed by atoms with E-state index in [2.05, 4.69) is 21.6 Å². The van der Waals surface area contributed by atoms with Gasteiger partial charge in [-0.15, -0.1) is 0 Å². The quantitative estimate of drug-likeness (QED) is 0.370. The molecule has 2 aromatic carbocycles. The van der Waals surface area contributed by atoms with Gasteiger partial charge in [-0.25, -0.2) is 27.7 Å². The monoisotopic (exact) mass is 525 g/mol. The summed E-state index contributed by atoms with van der Waals surface area (Å²) >= 11 is 0. The summed E-state index contributed by atoms with van der Waals surface area (Å²) in [6, 6.07) is 8.71. The van der Waals surface area contributed by atoms with Crippen LogP contribution in [0.15, 0.2) is 60.8 Å². The summed E-state index contributed by atoms with van der Waals surface area (Å²) < 4.78 is 55.7. The molecule has 0 spiro atoms. The smallest absolute Gasteiger partial charge is 0.318 e. The number of sulfonamides is 1. The summed E-state index contributed by atoms with van der Waals surface area (Å²) in [5.41, 5.74) is 6.88. The van der Waals surface area contributed by atoms with Crippen molar-refractivity contribution >= 4 is 32.7 Å². The number of fused-ring (bicyclic) bond motifs is 1. The molecule has 1 fully saturated rings. The molecule has 1 aliphatic heterocycles. The second kappa shape index (κ2) is 9.45. The highest BCUT2D eigenvalue weighted by Crippen LogP contribution is 2.34. The Morgan fingerprint density at radius 1 is 1.16 bits per heavy atom. The number of benzene rings is 2. The van der Waals surface area contributed by atoms with Crippen molar-refractivity contribution in [2.24, 2.45) is 0 Å². The molecule has 1 aliphatic rings. The number of piperidine rings is 1. The Hall–Kier alpha value is -4.03. The van der Waals surface area contributed by atoms with E-state index in [4.69, 9.17) is 5.73 Å². The SMILES string of the molecule is C=CS(=O)(=O)[NH+]1CCCC(n2nc(-c3ccc(C(=O)c4cccc(F)c4)cc3F)c3c(N)ncnc32)C1. The zero-order valence-corrected chi connectivity index (χ0v) is 20.4. The third-order valence-corrected chi connectivity index (χ3v) is 8.13. The largest absolute Gasteiger partial charge is 0.383 e. The molecule has 3 heterocycles. The molecule has 0 amide bonds. The van der Waals surface area contributed by atoms with Crippen LogP contribution in [-0.4, -0.2) is 47.0 Å². The molecule has 0 saturated carbocycles. The molecule has 2 unspecified atom stereocenters. The number of quaternary nitrogens is 1. The lowest BCUT2D eigenvalue weighted by Crippen LogP contribution is -3.14. The van der Waals surface area contributed by atoms with Crippen molar-refractivity contribution in [2.45, 2.75) is 18.9 Å². The minimum absolute atomic E-state index is 0.0426. The molecule has 0 bridgehead atoms. The molecule has 5 rings (SSSR count). The first-order valence-corrected chi connectivity index (χ1v) is 13.1. The van der Waals surface area contributed by atoms with Gasteiger partial charge in [0.15, 0.2) is 11.4 Å². The highest BCUT2D eigenvalue weighted by molar-refractivity contribution is 7.88. The van der Waals surface area contributed by atoms with Gasteiger partial charge < -0.3 is 5.73 Å². The number of hydrogen-bond donors (Lipinski definition) is 2. The summed E-state index contributed by atoms with van der Waals surface area (Å²) in [4.78, 5) is 21.1. The Labute approximate surface area is 211 Å². The van der Waals surface area contributed by atoms with Gasteiger partial charge in [0.05, 0.1) is 17.3 Å². The van der Waals surface area contributed by atoms with Gasteiger partial charge in [-0.3, -0.25) is 4.79 Å². The zero-order chi connectivity index (χ0) is 26.3. The Balaban J connectivity index is 1.57. The molecule has 190 valence electrons. The van der Waals surface area contributed by atoms with Gasteiger partial charge in [-0.1, -0.05) is 24.8 Å². The zero-order valence-electron chi connectivity index (χ0n) is 19.6. The molecular weight excluding hydrogens is 502 g/mol. The van der Waals surface area contributed by atoms with E-state index in [1.807, 2.05) is 0 Å². The average molecular weight is 526 g/mol. The lowest BCUT2D eigenvalue weighted by Gasteiger charge is -2.28. The topological polar surface area (TPSA) is 125 Å².